The lowest BCUT2D eigenvalue weighted by Crippen LogP contribution is -2.35. The minimum absolute atomic E-state index is 0.163. The summed E-state index contributed by atoms with van der Waals surface area (Å²) >= 11 is 1.62. The van der Waals surface area contributed by atoms with Crippen LogP contribution in [0, 0.1) is 0 Å². The van der Waals surface area contributed by atoms with Crippen molar-refractivity contribution >= 4 is 22.4 Å². The third kappa shape index (κ3) is 4.97. The van der Waals surface area contributed by atoms with Gasteiger partial charge in [0.05, 0.1) is 12.1 Å². The molecule has 1 aliphatic rings. The van der Waals surface area contributed by atoms with Gasteiger partial charge in [0.25, 0.3) is 0 Å². The lowest BCUT2D eigenvalue weighted by Gasteiger charge is -2.24. The van der Waals surface area contributed by atoms with E-state index in [1.807, 2.05) is 0 Å². The Hall–Kier alpha value is -1.14. The van der Waals surface area contributed by atoms with Crippen molar-refractivity contribution in [3.05, 3.63) is 11.1 Å². The van der Waals surface area contributed by atoms with Crippen molar-refractivity contribution in [3.8, 4) is 0 Å². The minimum atomic E-state index is -0.748. The number of aliphatic carboxylic acids is 1. The Morgan fingerprint density at radius 3 is 2.71 bits per heavy atom. The average molecular weight is 311 g/mol. The zero-order valence-corrected chi connectivity index (χ0v) is 13.7. The smallest absolute Gasteiger partial charge is 0.305 e. The molecule has 0 spiro atoms. The Balaban J connectivity index is 1.97. The van der Waals surface area contributed by atoms with Gasteiger partial charge < -0.3 is 14.9 Å². The van der Waals surface area contributed by atoms with Gasteiger partial charge in [-0.3, -0.25) is 4.79 Å². The molecular formula is C15H25N3O2S. The Morgan fingerprint density at radius 2 is 2.14 bits per heavy atom. The number of hydrogen-bond acceptors (Lipinski definition) is 5. The predicted molar refractivity (Wildman–Crippen MR) is 86.3 cm³/mol. The highest BCUT2D eigenvalue weighted by Crippen LogP contribution is 2.25. The highest BCUT2D eigenvalue weighted by molar-refractivity contribution is 7.13. The van der Waals surface area contributed by atoms with E-state index in [9.17, 15) is 4.79 Å². The zero-order valence-electron chi connectivity index (χ0n) is 12.9. The summed E-state index contributed by atoms with van der Waals surface area (Å²) < 4.78 is 0. The van der Waals surface area contributed by atoms with Crippen LogP contribution in [0.15, 0.2) is 5.38 Å². The molecule has 1 fully saturated rings. The first-order chi connectivity index (χ1) is 10.1. The van der Waals surface area contributed by atoms with Crippen LogP contribution in [0.3, 0.4) is 0 Å². The van der Waals surface area contributed by atoms with Crippen LogP contribution in [0.25, 0.3) is 0 Å². The molecule has 0 atom stereocenters. The Morgan fingerprint density at radius 1 is 1.43 bits per heavy atom. The number of anilines is 1. The van der Waals surface area contributed by atoms with E-state index in [0.29, 0.717) is 12.5 Å². The number of carboxylic acids is 1. The van der Waals surface area contributed by atoms with Gasteiger partial charge in [0.1, 0.15) is 0 Å². The van der Waals surface area contributed by atoms with Gasteiger partial charge in [0, 0.05) is 25.0 Å². The number of nitrogens with zero attached hydrogens (tertiary/aromatic N) is 3. The molecule has 1 aromatic heterocycles. The van der Waals surface area contributed by atoms with E-state index < -0.39 is 5.97 Å². The topological polar surface area (TPSA) is 56.7 Å². The molecule has 0 amide bonds. The summed E-state index contributed by atoms with van der Waals surface area (Å²) in [6.07, 6.45) is 2.73. The second-order valence-electron chi connectivity index (χ2n) is 5.89. The fourth-order valence-electron chi connectivity index (χ4n) is 2.49. The molecule has 1 aliphatic heterocycles. The first kappa shape index (κ1) is 16.2. The number of aromatic nitrogens is 1. The quantitative estimate of drug-likeness (QED) is 0.800. The Bertz CT molecular complexity index is 456. The van der Waals surface area contributed by atoms with E-state index >= 15 is 0 Å². The first-order valence-corrected chi connectivity index (χ1v) is 8.58. The minimum Gasteiger partial charge on any atom is -0.481 e. The van der Waals surface area contributed by atoms with Crippen LogP contribution in [0.1, 0.15) is 44.7 Å². The van der Waals surface area contributed by atoms with Crippen molar-refractivity contribution in [2.75, 3.05) is 37.6 Å². The number of carboxylic acid groups (broad SMARTS) is 1. The van der Waals surface area contributed by atoms with Gasteiger partial charge >= 0.3 is 5.97 Å². The molecule has 0 aromatic carbocycles. The molecule has 2 heterocycles. The molecule has 1 N–H and O–H groups in total. The van der Waals surface area contributed by atoms with Gasteiger partial charge in [-0.1, -0.05) is 13.8 Å². The largest absolute Gasteiger partial charge is 0.481 e. The molecule has 0 radical (unpaired) electrons. The zero-order chi connectivity index (χ0) is 15.2. The summed E-state index contributed by atoms with van der Waals surface area (Å²) in [5.41, 5.74) is 1.09. The van der Waals surface area contributed by atoms with Crippen LogP contribution in [0.5, 0.6) is 0 Å². The number of likely N-dealkylation sites (tertiary alicyclic amines) is 1. The average Bonchev–Trinajstić information content (AvgIpc) is 3.09. The maximum atomic E-state index is 10.9. The summed E-state index contributed by atoms with van der Waals surface area (Å²) in [5, 5.41) is 12.0. The van der Waals surface area contributed by atoms with Crippen molar-refractivity contribution < 1.29 is 9.90 Å². The van der Waals surface area contributed by atoms with Crippen molar-refractivity contribution in [1.29, 1.82) is 0 Å². The maximum absolute atomic E-state index is 10.9. The summed E-state index contributed by atoms with van der Waals surface area (Å²) in [6.45, 7) is 8.99. The molecule has 0 saturated carbocycles. The van der Waals surface area contributed by atoms with Gasteiger partial charge in [-0.25, -0.2) is 4.98 Å². The van der Waals surface area contributed by atoms with E-state index in [-0.39, 0.29) is 6.42 Å². The molecule has 6 heteroatoms. The number of hydrogen-bond donors (Lipinski definition) is 1. The van der Waals surface area contributed by atoms with Gasteiger partial charge in [0.2, 0.25) is 0 Å². The molecule has 0 aliphatic carbocycles. The fraction of sp³-hybridized carbons (Fsp3) is 0.733. The summed E-state index contributed by atoms with van der Waals surface area (Å²) in [4.78, 5) is 20.1. The molecular weight excluding hydrogens is 286 g/mol. The monoisotopic (exact) mass is 311 g/mol. The van der Waals surface area contributed by atoms with Crippen molar-refractivity contribution in [2.24, 2.45) is 0 Å². The third-order valence-electron chi connectivity index (χ3n) is 3.85. The van der Waals surface area contributed by atoms with Crippen LogP contribution in [0.2, 0.25) is 0 Å². The molecule has 1 saturated heterocycles. The van der Waals surface area contributed by atoms with Crippen molar-refractivity contribution in [3.63, 3.8) is 0 Å². The summed E-state index contributed by atoms with van der Waals surface area (Å²) in [6, 6.07) is 0. The Kier molecular flexibility index (Phi) is 5.99. The van der Waals surface area contributed by atoms with Crippen LogP contribution >= 0.6 is 11.3 Å². The third-order valence-corrected chi connectivity index (χ3v) is 4.77. The first-order valence-electron chi connectivity index (χ1n) is 7.71. The fourth-order valence-corrected chi connectivity index (χ4v) is 3.53. The highest BCUT2D eigenvalue weighted by Gasteiger charge is 2.17. The molecule has 2 rings (SSSR count). The number of thiazole rings is 1. The van der Waals surface area contributed by atoms with E-state index in [0.717, 1.165) is 23.9 Å². The van der Waals surface area contributed by atoms with Crippen LogP contribution in [-0.2, 0) is 4.79 Å². The standard InChI is InChI=1S/C15H25N3O2S/c1-12(2)13-11-21-15(16-13)18(8-5-14(19)20)10-9-17-6-3-4-7-17/h11-12H,3-10H2,1-2H3,(H,19,20). The number of carbonyl (C=O) groups is 1. The van der Waals surface area contributed by atoms with E-state index in [1.54, 1.807) is 11.3 Å². The SMILES string of the molecule is CC(C)c1csc(N(CCC(=O)O)CCN2CCCC2)n1. The predicted octanol–water partition coefficient (Wildman–Crippen LogP) is 2.64. The molecule has 1 aromatic rings. The van der Waals surface area contributed by atoms with Crippen molar-refractivity contribution in [2.45, 2.75) is 39.0 Å². The molecule has 21 heavy (non-hydrogen) atoms. The van der Waals surface area contributed by atoms with Crippen LogP contribution < -0.4 is 4.90 Å². The van der Waals surface area contributed by atoms with Crippen molar-refractivity contribution in [1.82, 2.24) is 9.88 Å². The second-order valence-corrected chi connectivity index (χ2v) is 6.73. The van der Waals surface area contributed by atoms with Crippen LogP contribution in [-0.4, -0.2) is 53.7 Å². The second kappa shape index (κ2) is 7.75. The maximum Gasteiger partial charge on any atom is 0.305 e. The lowest BCUT2D eigenvalue weighted by atomic mass is 10.2. The van der Waals surface area contributed by atoms with Gasteiger partial charge in [-0.2, -0.15) is 0 Å². The Labute approximate surface area is 130 Å². The van der Waals surface area contributed by atoms with Gasteiger partial charge in [-0.05, 0) is 31.8 Å². The van der Waals surface area contributed by atoms with Gasteiger partial charge in [0.15, 0.2) is 5.13 Å². The van der Waals surface area contributed by atoms with E-state index in [1.165, 1.54) is 25.9 Å². The normalized spacial score (nSPS) is 15.8. The molecule has 118 valence electrons. The van der Waals surface area contributed by atoms with Gasteiger partial charge in [-0.15, -0.1) is 11.3 Å². The summed E-state index contributed by atoms with van der Waals surface area (Å²) in [7, 11) is 0. The number of rotatable bonds is 8. The van der Waals surface area contributed by atoms with E-state index in [4.69, 9.17) is 5.11 Å². The molecule has 5 nitrogen and oxygen atoms in total. The molecule has 0 unspecified atom stereocenters. The summed E-state index contributed by atoms with van der Waals surface area (Å²) in [5.74, 6) is -0.336. The molecule has 0 bridgehead atoms. The highest BCUT2D eigenvalue weighted by atomic mass is 32.1. The van der Waals surface area contributed by atoms with Crippen LogP contribution in [0.4, 0.5) is 5.13 Å². The lowest BCUT2D eigenvalue weighted by molar-refractivity contribution is -0.136. The van der Waals surface area contributed by atoms with E-state index in [2.05, 4.69) is 34.0 Å².